The maximum atomic E-state index is 12.6. The van der Waals surface area contributed by atoms with E-state index in [1.807, 2.05) is 26.0 Å². The van der Waals surface area contributed by atoms with Crippen LogP contribution in [0.3, 0.4) is 0 Å². The van der Waals surface area contributed by atoms with Crippen molar-refractivity contribution >= 4 is 11.9 Å². The number of aromatic carboxylic acids is 2. The van der Waals surface area contributed by atoms with Crippen LogP contribution in [-0.4, -0.2) is 22.2 Å². The Morgan fingerprint density at radius 3 is 1.22 bits per heavy atom. The van der Waals surface area contributed by atoms with Gasteiger partial charge in [0.1, 0.15) is 0 Å². The van der Waals surface area contributed by atoms with Gasteiger partial charge in [-0.3, -0.25) is 0 Å². The molecule has 0 atom stereocenters. The fourth-order valence-corrected chi connectivity index (χ4v) is 5.97. The van der Waals surface area contributed by atoms with Crippen LogP contribution in [0.25, 0.3) is 0 Å². The Bertz CT molecular complexity index is 1230. The van der Waals surface area contributed by atoms with Crippen LogP contribution in [0.1, 0.15) is 186 Å². The minimum Gasteiger partial charge on any atom is -0.478 e. The zero-order chi connectivity index (χ0) is 32.9. The molecule has 0 unspecified atom stereocenters. The van der Waals surface area contributed by atoms with E-state index in [4.69, 9.17) is 0 Å². The number of benzene rings is 2. The summed E-state index contributed by atoms with van der Waals surface area (Å²) in [6, 6.07) is 10.7. The molecule has 2 rings (SSSR count). The lowest BCUT2D eigenvalue weighted by atomic mass is 9.72. The summed E-state index contributed by atoms with van der Waals surface area (Å²) in [5.41, 5.74) is 1.37. The zero-order valence-electron chi connectivity index (χ0n) is 28.4. The SMILES string of the molecule is CCCCCCCCCCC#Cc1cccc(C(C)(C)c2cccc(C#CCCCCCCCCCC)c2C(=O)O)c1C(=O)O. The van der Waals surface area contributed by atoms with Gasteiger partial charge in [-0.25, -0.2) is 9.59 Å². The van der Waals surface area contributed by atoms with Gasteiger partial charge in [0, 0.05) is 29.4 Å². The van der Waals surface area contributed by atoms with E-state index in [-0.39, 0.29) is 11.1 Å². The Morgan fingerprint density at radius 2 is 0.889 bits per heavy atom. The summed E-state index contributed by atoms with van der Waals surface area (Å²) in [4.78, 5) is 25.2. The van der Waals surface area contributed by atoms with E-state index in [0.717, 1.165) is 38.5 Å². The molecule has 4 heteroatoms. The van der Waals surface area contributed by atoms with Crippen molar-refractivity contribution < 1.29 is 19.8 Å². The van der Waals surface area contributed by atoms with Gasteiger partial charge in [-0.15, -0.1) is 0 Å². The highest BCUT2D eigenvalue weighted by molar-refractivity contribution is 5.95. The summed E-state index contributed by atoms with van der Waals surface area (Å²) in [7, 11) is 0. The van der Waals surface area contributed by atoms with Gasteiger partial charge in [0.15, 0.2) is 0 Å². The molecule has 0 heterocycles. The number of carboxylic acid groups (broad SMARTS) is 2. The Balaban J connectivity index is 2.20. The predicted octanol–water partition coefficient (Wildman–Crippen LogP) is 11.2. The fraction of sp³-hybridized carbons (Fsp3) is 0.561. The number of hydrogen-bond donors (Lipinski definition) is 2. The van der Waals surface area contributed by atoms with E-state index in [2.05, 4.69) is 37.5 Å². The van der Waals surface area contributed by atoms with Crippen molar-refractivity contribution in [1.29, 1.82) is 0 Å². The van der Waals surface area contributed by atoms with Crippen LogP contribution in [0.15, 0.2) is 36.4 Å². The minimum absolute atomic E-state index is 0.133. The van der Waals surface area contributed by atoms with Gasteiger partial charge in [0.25, 0.3) is 0 Å². The maximum absolute atomic E-state index is 12.6. The highest BCUT2D eigenvalue weighted by Crippen LogP contribution is 2.37. The van der Waals surface area contributed by atoms with Gasteiger partial charge < -0.3 is 10.2 Å². The molecular weight excluding hydrogens is 556 g/mol. The second kappa shape index (κ2) is 21.3. The molecule has 0 aliphatic carbocycles. The first-order valence-corrected chi connectivity index (χ1v) is 17.5. The molecule has 244 valence electrons. The van der Waals surface area contributed by atoms with Crippen LogP contribution in [0.2, 0.25) is 0 Å². The molecule has 0 radical (unpaired) electrons. The molecule has 0 bridgehead atoms. The first-order chi connectivity index (χ1) is 21.8. The molecule has 4 nitrogen and oxygen atoms in total. The molecule has 0 aliphatic rings. The van der Waals surface area contributed by atoms with Crippen molar-refractivity contribution in [3.05, 3.63) is 69.8 Å². The van der Waals surface area contributed by atoms with Crippen LogP contribution >= 0.6 is 0 Å². The number of carbonyl (C=O) groups is 2. The highest BCUT2D eigenvalue weighted by Gasteiger charge is 2.33. The summed E-state index contributed by atoms with van der Waals surface area (Å²) in [5, 5.41) is 20.6. The Hall–Kier alpha value is -3.50. The lowest BCUT2D eigenvalue weighted by molar-refractivity contribution is 0.0686. The van der Waals surface area contributed by atoms with Crippen molar-refractivity contribution in [2.45, 2.75) is 149 Å². The third-order valence-corrected chi connectivity index (χ3v) is 8.66. The third-order valence-electron chi connectivity index (χ3n) is 8.66. The highest BCUT2D eigenvalue weighted by atomic mass is 16.4. The Labute approximate surface area is 273 Å². The van der Waals surface area contributed by atoms with Crippen molar-refractivity contribution in [1.82, 2.24) is 0 Å². The van der Waals surface area contributed by atoms with Crippen molar-refractivity contribution in [2.75, 3.05) is 0 Å². The number of unbranched alkanes of at least 4 members (excludes halogenated alkanes) is 16. The topological polar surface area (TPSA) is 74.6 Å². The molecule has 2 aromatic carbocycles. The Morgan fingerprint density at radius 1 is 0.556 bits per heavy atom. The molecule has 0 amide bonds. The fourth-order valence-electron chi connectivity index (χ4n) is 5.97. The van der Waals surface area contributed by atoms with Crippen LogP contribution in [0.4, 0.5) is 0 Å². The molecule has 0 fully saturated rings. The van der Waals surface area contributed by atoms with Gasteiger partial charge in [0.2, 0.25) is 0 Å². The largest absolute Gasteiger partial charge is 0.478 e. The quantitative estimate of drug-likeness (QED) is 0.115. The van der Waals surface area contributed by atoms with E-state index in [9.17, 15) is 19.8 Å². The maximum Gasteiger partial charge on any atom is 0.337 e. The van der Waals surface area contributed by atoms with Gasteiger partial charge in [-0.05, 0) is 36.1 Å². The molecular formula is C41H56O4. The molecule has 0 saturated heterocycles. The van der Waals surface area contributed by atoms with E-state index in [1.165, 1.54) is 77.0 Å². The molecule has 0 aliphatic heterocycles. The lowest BCUT2D eigenvalue weighted by Gasteiger charge is -2.30. The molecule has 2 aromatic rings. The summed E-state index contributed by atoms with van der Waals surface area (Å²) in [5.74, 6) is 10.5. The van der Waals surface area contributed by atoms with Crippen LogP contribution < -0.4 is 0 Å². The van der Waals surface area contributed by atoms with Gasteiger partial charge in [-0.1, -0.05) is 166 Å². The monoisotopic (exact) mass is 612 g/mol. The second-order valence-electron chi connectivity index (χ2n) is 12.7. The van der Waals surface area contributed by atoms with E-state index in [0.29, 0.717) is 22.3 Å². The van der Waals surface area contributed by atoms with Gasteiger partial charge in [-0.2, -0.15) is 0 Å². The number of rotatable bonds is 20. The Kier molecular flexibility index (Phi) is 17.8. The lowest BCUT2D eigenvalue weighted by Crippen LogP contribution is -2.26. The van der Waals surface area contributed by atoms with Gasteiger partial charge >= 0.3 is 11.9 Å². The molecule has 2 N–H and O–H groups in total. The minimum atomic E-state index is -1.06. The average Bonchev–Trinajstić information content (AvgIpc) is 3.02. The summed E-state index contributed by atoms with van der Waals surface area (Å²) in [6.45, 7) is 8.22. The van der Waals surface area contributed by atoms with Gasteiger partial charge in [0.05, 0.1) is 11.1 Å². The summed E-state index contributed by atoms with van der Waals surface area (Å²) in [6.07, 6.45) is 21.0. The first kappa shape index (κ1) is 37.7. The molecule has 45 heavy (non-hydrogen) atoms. The molecule has 0 saturated carbocycles. The molecule has 0 aromatic heterocycles. The smallest absolute Gasteiger partial charge is 0.337 e. The van der Waals surface area contributed by atoms with E-state index in [1.54, 1.807) is 24.3 Å². The van der Waals surface area contributed by atoms with Crippen molar-refractivity contribution in [2.24, 2.45) is 0 Å². The van der Waals surface area contributed by atoms with E-state index >= 15 is 0 Å². The van der Waals surface area contributed by atoms with Crippen molar-refractivity contribution in [3.8, 4) is 23.7 Å². The second-order valence-corrected chi connectivity index (χ2v) is 12.7. The number of hydrogen-bond acceptors (Lipinski definition) is 2. The molecule has 0 spiro atoms. The third kappa shape index (κ3) is 12.8. The normalized spacial score (nSPS) is 10.9. The van der Waals surface area contributed by atoms with Crippen LogP contribution in [0.5, 0.6) is 0 Å². The average molecular weight is 613 g/mol. The first-order valence-electron chi connectivity index (χ1n) is 17.5. The van der Waals surface area contributed by atoms with E-state index < -0.39 is 17.4 Å². The predicted molar refractivity (Wildman–Crippen MR) is 187 cm³/mol. The van der Waals surface area contributed by atoms with Crippen molar-refractivity contribution in [3.63, 3.8) is 0 Å². The number of carboxylic acids is 2. The van der Waals surface area contributed by atoms with Crippen LogP contribution in [0, 0.1) is 23.7 Å². The zero-order valence-corrected chi connectivity index (χ0v) is 28.4. The van der Waals surface area contributed by atoms with Crippen LogP contribution in [-0.2, 0) is 5.41 Å². The summed E-state index contributed by atoms with van der Waals surface area (Å²) < 4.78 is 0. The standard InChI is InChI=1S/C41H56O4/c1-5-7-9-11-13-15-17-19-21-23-27-33-29-25-31-35(37(33)39(42)43)41(3,4)36-32-26-30-34(38(36)40(44)45)28-24-22-20-18-16-14-12-10-8-6-2/h25-26,29-32H,5-22H2,1-4H3,(H,42,43)(H,44,45). The summed E-state index contributed by atoms with van der Waals surface area (Å²) >= 11 is 0.